The maximum atomic E-state index is 11.8. The predicted molar refractivity (Wildman–Crippen MR) is 142 cm³/mol. The average molecular weight is 506 g/mol. The highest BCUT2D eigenvalue weighted by Gasteiger charge is 2.16. The van der Waals surface area contributed by atoms with Gasteiger partial charge in [0, 0.05) is 28.8 Å². The van der Waals surface area contributed by atoms with Gasteiger partial charge in [-0.3, -0.25) is 9.98 Å². The Hall–Kier alpha value is -3.50. The van der Waals surface area contributed by atoms with Gasteiger partial charge in [-0.1, -0.05) is 36.0 Å². The van der Waals surface area contributed by atoms with Gasteiger partial charge < -0.3 is 28.3 Å². The standard InChI is InChI=1S/C22H29Cl2N9O/c23-15-5-9-17(10-6-15)31-20(26)32-19(25)29-13-3-1-2-4-14-30-21(27)33(22(28)34)18-11-7-16(24)8-12-18/h5-12H,1-4,13-14H2,(H2,27,30)(H2,28,34)(H5,25,26,29,31,32). The molecular weight excluding hydrogens is 477 g/mol. The van der Waals surface area contributed by atoms with Gasteiger partial charge in [-0.25, -0.2) is 9.69 Å². The first-order chi connectivity index (χ1) is 16.3. The van der Waals surface area contributed by atoms with Gasteiger partial charge in [0.2, 0.25) is 17.9 Å². The van der Waals surface area contributed by atoms with Crippen LogP contribution in [-0.4, -0.2) is 37.0 Å². The van der Waals surface area contributed by atoms with Crippen LogP contribution in [0.1, 0.15) is 25.7 Å². The van der Waals surface area contributed by atoms with Crippen LogP contribution in [0.4, 0.5) is 16.2 Å². The molecule has 0 atom stereocenters. The number of unbranched alkanes of at least 4 members (excludes halogenated alkanes) is 3. The number of rotatable bonds is 9. The van der Waals surface area contributed by atoms with Gasteiger partial charge in [-0.05, 0) is 61.4 Å². The fourth-order valence-electron chi connectivity index (χ4n) is 2.87. The molecule has 0 aromatic heterocycles. The minimum absolute atomic E-state index is 0.0369. The molecule has 0 radical (unpaired) electrons. The molecule has 9 N–H and O–H groups in total. The van der Waals surface area contributed by atoms with Crippen LogP contribution in [0.15, 0.2) is 63.5 Å². The SMILES string of the molecule is NC(=O)N(C(N)=NCCCCCCN=C(N)/N=C(\N)Nc1ccc(Cl)cc1)c1ccc(Cl)cc1. The minimum Gasteiger partial charge on any atom is -0.369 e. The van der Waals surface area contributed by atoms with Crippen LogP contribution in [0.3, 0.4) is 0 Å². The first-order valence-electron chi connectivity index (χ1n) is 10.6. The summed E-state index contributed by atoms with van der Waals surface area (Å²) < 4.78 is 0. The Labute approximate surface area is 208 Å². The highest BCUT2D eigenvalue weighted by atomic mass is 35.5. The van der Waals surface area contributed by atoms with Crippen molar-refractivity contribution < 1.29 is 4.79 Å². The number of halogens is 2. The van der Waals surface area contributed by atoms with Crippen LogP contribution in [-0.2, 0) is 0 Å². The van der Waals surface area contributed by atoms with Crippen molar-refractivity contribution in [2.75, 3.05) is 23.3 Å². The van der Waals surface area contributed by atoms with Crippen LogP contribution in [0.5, 0.6) is 0 Å². The van der Waals surface area contributed by atoms with Crippen molar-refractivity contribution >= 4 is 58.5 Å². The Balaban J connectivity index is 1.69. The Bertz CT molecular complexity index is 1020. The lowest BCUT2D eigenvalue weighted by Gasteiger charge is -2.19. The number of nitrogens with zero attached hydrogens (tertiary/aromatic N) is 4. The van der Waals surface area contributed by atoms with E-state index in [2.05, 4.69) is 20.3 Å². The lowest BCUT2D eigenvalue weighted by atomic mass is 10.2. The smallest absolute Gasteiger partial charge is 0.326 e. The number of nitrogens with one attached hydrogen (secondary N) is 1. The molecule has 0 aliphatic heterocycles. The molecule has 12 heteroatoms. The molecule has 34 heavy (non-hydrogen) atoms. The third-order valence-corrected chi connectivity index (χ3v) is 5.00. The number of hydrogen-bond donors (Lipinski definition) is 5. The van der Waals surface area contributed by atoms with Crippen molar-refractivity contribution in [3.63, 3.8) is 0 Å². The number of primary amides is 1. The van der Waals surface area contributed by atoms with E-state index in [1.54, 1.807) is 48.5 Å². The van der Waals surface area contributed by atoms with Crippen LogP contribution in [0, 0.1) is 0 Å². The molecule has 2 aromatic carbocycles. The summed E-state index contributed by atoms with van der Waals surface area (Å²) in [6, 6.07) is 12.9. The third-order valence-electron chi connectivity index (χ3n) is 4.50. The quantitative estimate of drug-likeness (QED) is 0.199. The van der Waals surface area contributed by atoms with Gasteiger partial charge in [0.15, 0.2) is 0 Å². The molecule has 0 aliphatic rings. The topological polar surface area (TPSA) is 174 Å². The molecule has 2 rings (SSSR count). The monoisotopic (exact) mass is 505 g/mol. The Morgan fingerprint density at radius 3 is 1.88 bits per heavy atom. The first-order valence-corrected chi connectivity index (χ1v) is 11.3. The fourth-order valence-corrected chi connectivity index (χ4v) is 3.12. The number of hydrogen-bond acceptors (Lipinski definition) is 3. The maximum absolute atomic E-state index is 11.8. The van der Waals surface area contributed by atoms with Crippen molar-refractivity contribution in [1.29, 1.82) is 0 Å². The summed E-state index contributed by atoms with van der Waals surface area (Å²) in [6.07, 6.45) is 3.46. The fraction of sp³-hybridized carbons (Fsp3) is 0.273. The number of carbonyl (C=O) groups excluding carboxylic acids is 1. The van der Waals surface area contributed by atoms with Crippen molar-refractivity contribution in [1.82, 2.24) is 0 Å². The summed E-state index contributed by atoms with van der Waals surface area (Å²) in [5.41, 5.74) is 24.3. The van der Waals surface area contributed by atoms with Gasteiger partial charge in [0.1, 0.15) is 0 Å². The van der Waals surface area contributed by atoms with Gasteiger partial charge in [0.25, 0.3) is 0 Å². The molecule has 0 spiro atoms. The van der Waals surface area contributed by atoms with E-state index in [0.29, 0.717) is 28.8 Å². The van der Waals surface area contributed by atoms with E-state index in [1.807, 2.05) is 0 Å². The zero-order valence-corrected chi connectivity index (χ0v) is 20.1. The van der Waals surface area contributed by atoms with E-state index in [0.717, 1.165) is 36.3 Å². The van der Waals surface area contributed by atoms with E-state index in [-0.39, 0.29) is 17.9 Å². The second kappa shape index (κ2) is 13.9. The Morgan fingerprint density at radius 2 is 1.32 bits per heavy atom. The summed E-state index contributed by atoms with van der Waals surface area (Å²) >= 11 is 11.7. The summed E-state index contributed by atoms with van der Waals surface area (Å²) in [6.45, 7) is 0.993. The summed E-state index contributed by atoms with van der Waals surface area (Å²) in [7, 11) is 0. The zero-order valence-electron chi connectivity index (χ0n) is 18.6. The molecule has 10 nitrogen and oxygen atoms in total. The van der Waals surface area contributed by atoms with Gasteiger partial charge in [-0.15, -0.1) is 0 Å². The first kappa shape index (κ1) is 26.7. The summed E-state index contributed by atoms with van der Waals surface area (Å²) in [5.74, 6) is 0.280. The number of urea groups is 1. The highest BCUT2D eigenvalue weighted by Crippen LogP contribution is 2.18. The number of guanidine groups is 3. The van der Waals surface area contributed by atoms with E-state index in [1.165, 1.54) is 0 Å². The van der Waals surface area contributed by atoms with Crippen molar-refractivity contribution in [2.45, 2.75) is 25.7 Å². The third kappa shape index (κ3) is 9.55. The van der Waals surface area contributed by atoms with E-state index in [4.69, 9.17) is 46.1 Å². The number of anilines is 2. The second-order valence-corrected chi connectivity index (χ2v) is 8.05. The van der Waals surface area contributed by atoms with Gasteiger partial charge in [-0.2, -0.15) is 4.99 Å². The number of nitrogens with two attached hydrogens (primary N) is 4. The number of benzene rings is 2. The molecule has 2 aromatic rings. The number of amides is 2. The normalized spacial score (nSPS) is 12.5. The maximum Gasteiger partial charge on any atom is 0.326 e. The minimum atomic E-state index is -0.717. The highest BCUT2D eigenvalue weighted by molar-refractivity contribution is 6.31. The molecule has 0 fully saturated rings. The van der Waals surface area contributed by atoms with E-state index < -0.39 is 6.03 Å². The van der Waals surface area contributed by atoms with Gasteiger partial charge in [0.05, 0.1) is 5.69 Å². The van der Waals surface area contributed by atoms with Crippen molar-refractivity contribution in [3.05, 3.63) is 58.6 Å². The molecule has 0 saturated heterocycles. The molecule has 0 aliphatic carbocycles. The van der Waals surface area contributed by atoms with Crippen LogP contribution < -0.4 is 33.2 Å². The molecule has 0 heterocycles. The molecule has 0 saturated carbocycles. The summed E-state index contributed by atoms with van der Waals surface area (Å²) in [5, 5.41) is 4.08. The Morgan fingerprint density at radius 1 is 0.794 bits per heavy atom. The molecule has 182 valence electrons. The van der Waals surface area contributed by atoms with E-state index >= 15 is 0 Å². The number of carbonyl (C=O) groups is 1. The molecule has 2 amide bonds. The lowest BCUT2D eigenvalue weighted by Crippen LogP contribution is -2.45. The number of aliphatic imine (C=N–C) groups is 3. The Kier molecular flexibility index (Phi) is 10.9. The second-order valence-electron chi connectivity index (χ2n) is 7.17. The van der Waals surface area contributed by atoms with Crippen molar-refractivity contribution in [3.8, 4) is 0 Å². The molecular formula is C22H29Cl2N9O. The predicted octanol–water partition coefficient (Wildman–Crippen LogP) is 3.50. The van der Waals surface area contributed by atoms with Crippen LogP contribution >= 0.6 is 23.2 Å². The summed E-state index contributed by atoms with van der Waals surface area (Å²) in [4.78, 5) is 25.4. The lowest BCUT2D eigenvalue weighted by molar-refractivity contribution is 0.256. The van der Waals surface area contributed by atoms with Crippen molar-refractivity contribution in [2.24, 2.45) is 37.9 Å². The average Bonchev–Trinajstić information content (AvgIpc) is 2.78. The van der Waals surface area contributed by atoms with Crippen LogP contribution in [0.25, 0.3) is 0 Å². The molecule has 0 bridgehead atoms. The zero-order chi connectivity index (χ0) is 24.9. The van der Waals surface area contributed by atoms with Crippen LogP contribution in [0.2, 0.25) is 10.0 Å². The van der Waals surface area contributed by atoms with Gasteiger partial charge >= 0.3 is 6.03 Å². The molecule has 0 unspecified atom stereocenters. The van der Waals surface area contributed by atoms with E-state index in [9.17, 15) is 4.79 Å². The largest absolute Gasteiger partial charge is 0.369 e.